The van der Waals surface area contributed by atoms with Gasteiger partial charge in [-0.25, -0.2) is 9.97 Å². The molecular formula is C27H36N4O4S2. The van der Waals surface area contributed by atoms with Crippen molar-refractivity contribution in [3.05, 3.63) is 68.4 Å². The Morgan fingerprint density at radius 3 is 2.43 bits per heavy atom. The summed E-state index contributed by atoms with van der Waals surface area (Å²) < 4.78 is 22.5. The van der Waals surface area contributed by atoms with Gasteiger partial charge in [0.15, 0.2) is 5.82 Å². The molecule has 0 bridgehead atoms. The van der Waals surface area contributed by atoms with E-state index in [0.29, 0.717) is 30.1 Å². The summed E-state index contributed by atoms with van der Waals surface area (Å²) in [5.74, 6) is -0.193. The lowest BCUT2D eigenvalue weighted by molar-refractivity contribution is -0.155. The van der Waals surface area contributed by atoms with Crippen LogP contribution in [0, 0.1) is 6.92 Å². The molecule has 0 radical (unpaired) electrons. The summed E-state index contributed by atoms with van der Waals surface area (Å²) in [5, 5.41) is 1.79. The Morgan fingerprint density at radius 1 is 1.19 bits per heavy atom. The maximum Gasteiger partial charge on any atom is 0.326 e. The van der Waals surface area contributed by atoms with Crippen LogP contribution in [-0.2, 0) is 33.9 Å². The minimum absolute atomic E-state index is 0.200. The van der Waals surface area contributed by atoms with E-state index in [-0.39, 0.29) is 18.1 Å². The number of ether oxygens (including phenoxy) is 1. The second-order valence-electron chi connectivity index (χ2n) is 11.0. The van der Waals surface area contributed by atoms with Crippen LogP contribution in [-0.4, -0.2) is 35.4 Å². The third kappa shape index (κ3) is 8.49. The maximum atomic E-state index is 13.1. The molecule has 37 heavy (non-hydrogen) atoms. The van der Waals surface area contributed by atoms with Gasteiger partial charge in [-0.05, 0) is 66.9 Å². The van der Waals surface area contributed by atoms with E-state index in [1.54, 1.807) is 31.7 Å². The summed E-state index contributed by atoms with van der Waals surface area (Å²) in [7, 11) is 0. The largest absolute Gasteiger partial charge is 0.598 e. The summed E-state index contributed by atoms with van der Waals surface area (Å²) >= 11 is 0.104. The van der Waals surface area contributed by atoms with Crippen molar-refractivity contribution < 1.29 is 14.1 Å². The van der Waals surface area contributed by atoms with Gasteiger partial charge in [0, 0.05) is 28.5 Å². The molecule has 2 atom stereocenters. The molecule has 1 N–H and O–H groups in total. The summed E-state index contributed by atoms with van der Waals surface area (Å²) in [4.78, 5) is 34.7. The van der Waals surface area contributed by atoms with E-state index in [1.807, 2.05) is 52.0 Å². The van der Waals surface area contributed by atoms with Crippen LogP contribution in [0.1, 0.15) is 70.8 Å². The van der Waals surface area contributed by atoms with Gasteiger partial charge in [0.25, 0.3) is 5.56 Å². The fraction of sp³-hybridized carbons (Fsp3) is 0.481. The van der Waals surface area contributed by atoms with Gasteiger partial charge in [0.2, 0.25) is 0 Å². The molecule has 1 aromatic carbocycles. The molecule has 0 spiro atoms. The van der Waals surface area contributed by atoms with Gasteiger partial charge in [-0.2, -0.15) is 0 Å². The van der Waals surface area contributed by atoms with Crippen LogP contribution in [0.4, 0.5) is 0 Å². The Bertz CT molecular complexity index is 1240. The lowest BCUT2D eigenvalue weighted by Gasteiger charge is -2.28. The molecule has 10 heteroatoms. The summed E-state index contributed by atoms with van der Waals surface area (Å²) in [6.07, 6.45) is 1.04. The number of hydrogen-bond acceptors (Lipinski definition) is 8. The number of benzene rings is 1. The molecule has 2 aromatic heterocycles. The molecule has 3 rings (SSSR count). The predicted molar refractivity (Wildman–Crippen MR) is 149 cm³/mol. The van der Waals surface area contributed by atoms with Gasteiger partial charge in [-0.3, -0.25) is 14.2 Å². The molecular weight excluding hydrogens is 508 g/mol. The highest BCUT2D eigenvalue weighted by Crippen LogP contribution is 2.25. The Kier molecular flexibility index (Phi) is 9.33. The fourth-order valence-corrected chi connectivity index (χ4v) is 4.94. The van der Waals surface area contributed by atoms with E-state index in [1.165, 1.54) is 22.0 Å². The number of hydrogen-bond donors (Lipinski definition) is 1. The van der Waals surface area contributed by atoms with Crippen LogP contribution in [0.15, 0.2) is 46.0 Å². The molecule has 0 aliphatic carbocycles. The van der Waals surface area contributed by atoms with Crippen LogP contribution >= 0.6 is 11.3 Å². The molecule has 0 saturated carbocycles. The van der Waals surface area contributed by atoms with Crippen LogP contribution in [0.5, 0.6) is 0 Å². The van der Waals surface area contributed by atoms with E-state index in [0.717, 1.165) is 11.1 Å². The lowest BCUT2D eigenvalue weighted by atomic mass is 10.0. The Labute approximate surface area is 225 Å². The number of esters is 1. The van der Waals surface area contributed by atoms with Crippen molar-refractivity contribution in [2.45, 2.75) is 84.2 Å². The second-order valence-corrected chi connectivity index (χ2v) is 13.7. The van der Waals surface area contributed by atoms with Gasteiger partial charge >= 0.3 is 5.97 Å². The number of nitrogens with zero attached hydrogens (tertiary/aromatic N) is 3. The van der Waals surface area contributed by atoms with Crippen molar-refractivity contribution in [3.63, 3.8) is 0 Å². The molecule has 0 aliphatic heterocycles. The molecule has 1 unspecified atom stereocenters. The Morgan fingerprint density at radius 2 is 1.86 bits per heavy atom. The molecule has 200 valence electrons. The fourth-order valence-electron chi connectivity index (χ4n) is 3.55. The van der Waals surface area contributed by atoms with Gasteiger partial charge in [0.1, 0.15) is 22.6 Å². The van der Waals surface area contributed by atoms with Crippen molar-refractivity contribution in [2.75, 3.05) is 0 Å². The summed E-state index contributed by atoms with van der Waals surface area (Å²) in [6.45, 7) is 12.9. The van der Waals surface area contributed by atoms with Crippen molar-refractivity contribution in [3.8, 4) is 11.5 Å². The molecule has 0 fully saturated rings. The number of aromatic nitrogens is 3. The van der Waals surface area contributed by atoms with Crippen molar-refractivity contribution >= 4 is 28.7 Å². The molecule has 3 aromatic rings. The highest BCUT2D eigenvalue weighted by molar-refractivity contribution is 7.90. The summed E-state index contributed by atoms with van der Waals surface area (Å²) in [6, 6.07) is 9.36. The molecule has 0 amide bonds. The minimum atomic E-state index is -1.28. The summed E-state index contributed by atoms with van der Waals surface area (Å²) in [5.41, 5.74) is 3.90. The third-order valence-corrected chi connectivity index (χ3v) is 7.60. The third-order valence-electron chi connectivity index (χ3n) is 5.40. The first-order valence-corrected chi connectivity index (χ1v) is 14.3. The smallest absolute Gasteiger partial charge is 0.326 e. The van der Waals surface area contributed by atoms with E-state index in [4.69, 9.17) is 9.72 Å². The monoisotopic (exact) mass is 544 g/mol. The Balaban J connectivity index is 1.90. The lowest BCUT2D eigenvalue weighted by Crippen LogP contribution is -2.41. The molecule has 8 nitrogen and oxygen atoms in total. The van der Waals surface area contributed by atoms with Crippen molar-refractivity contribution in [1.82, 2.24) is 19.3 Å². The SMILES string of the molecule is Cc1ccc([C@H](CCc2cc(=O)n(CC(=O)OC(C)(C)C)c(-c3cscn3)n2)N[S+]([O-])C(C)(C)C)cc1. The van der Waals surface area contributed by atoms with Crippen LogP contribution < -0.4 is 10.3 Å². The van der Waals surface area contributed by atoms with Gasteiger partial charge in [0.05, 0.1) is 11.6 Å². The van der Waals surface area contributed by atoms with Crippen LogP contribution in [0.25, 0.3) is 11.5 Å². The normalized spacial score (nSPS) is 13.8. The number of nitrogens with one attached hydrogen (secondary N) is 1. The molecule has 0 aliphatic rings. The molecule has 2 heterocycles. The first kappa shape index (κ1) is 29.0. The number of carbonyl (C=O) groups is 1. The quantitative estimate of drug-likeness (QED) is 0.306. The zero-order valence-corrected chi connectivity index (χ0v) is 24.2. The van der Waals surface area contributed by atoms with E-state index >= 15 is 0 Å². The Hall–Kier alpha value is -2.53. The maximum absolute atomic E-state index is 13.1. The van der Waals surface area contributed by atoms with Gasteiger partial charge in [-0.1, -0.05) is 29.8 Å². The van der Waals surface area contributed by atoms with E-state index in [9.17, 15) is 14.1 Å². The predicted octanol–water partition coefficient (Wildman–Crippen LogP) is 4.74. The number of aryl methyl sites for hydroxylation is 2. The minimum Gasteiger partial charge on any atom is -0.598 e. The zero-order valence-electron chi connectivity index (χ0n) is 22.5. The van der Waals surface area contributed by atoms with Crippen LogP contribution in [0.2, 0.25) is 0 Å². The highest BCUT2D eigenvalue weighted by atomic mass is 32.2. The van der Waals surface area contributed by atoms with Gasteiger partial charge in [-0.15, -0.1) is 16.1 Å². The highest BCUT2D eigenvalue weighted by Gasteiger charge is 2.30. The van der Waals surface area contributed by atoms with Crippen molar-refractivity contribution in [2.24, 2.45) is 0 Å². The van der Waals surface area contributed by atoms with Gasteiger partial charge < -0.3 is 9.29 Å². The first-order valence-electron chi connectivity index (χ1n) is 12.2. The first-order chi connectivity index (χ1) is 17.2. The van der Waals surface area contributed by atoms with E-state index in [2.05, 4.69) is 9.71 Å². The average Bonchev–Trinajstić information content (AvgIpc) is 3.31. The van der Waals surface area contributed by atoms with Crippen LogP contribution in [0.3, 0.4) is 0 Å². The second kappa shape index (κ2) is 11.9. The van der Waals surface area contributed by atoms with Crippen molar-refractivity contribution in [1.29, 1.82) is 0 Å². The number of thiazole rings is 1. The van der Waals surface area contributed by atoms with E-state index < -0.39 is 27.7 Å². The standard InChI is InChI=1S/C27H36N4O4S2/c1-18-8-10-19(11-9-18)21(30-37(34)27(5,6)7)13-12-20-14-23(32)31(15-24(33)35-26(2,3)4)25(29-20)22-16-36-17-28-22/h8-11,14,16-17,21,30H,12-13,15H2,1-7H3/t21-,37?/m0/s1. The topological polar surface area (TPSA) is 109 Å². The zero-order chi connectivity index (χ0) is 27.4. The number of rotatable bonds is 9. The average molecular weight is 545 g/mol. The molecule has 0 saturated heterocycles. The number of carbonyl (C=O) groups excluding carboxylic acids is 1.